The summed E-state index contributed by atoms with van der Waals surface area (Å²) in [5.41, 5.74) is 7.85. The minimum atomic E-state index is 0.284. The Kier molecular flexibility index (Phi) is 3.15. The number of aromatic nitrogens is 2. The van der Waals surface area contributed by atoms with Crippen LogP contribution in [-0.4, -0.2) is 24.1 Å². The summed E-state index contributed by atoms with van der Waals surface area (Å²) in [5, 5.41) is 6.29. The SMILES string of the molecule is CN(C)c1cccc(Nc2nc(N)nc3sccc23)c1. The van der Waals surface area contributed by atoms with Gasteiger partial charge in [-0.1, -0.05) is 6.07 Å². The number of nitrogen functional groups attached to an aromatic ring is 1. The largest absolute Gasteiger partial charge is 0.378 e. The van der Waals surface area contributed by atoms with Crippen molar-refractivity contribution >= 4 is 44.7 Å². The monoisotopic (exact) mass is 285 g/mol. The van der Waals surface area contributed by atoms with E-state index < -0.39 is 0 Å². The molecule has 0 aliphatic rings. The zero-order valence-electron chi connectivity index (χ0n) is 11.3. The Hall–Kier alpha value is -2.34. The Labute approximate surface area is 121 Å². The van der Waals surface area contributed by atoms with Gasteiger partial charge >= 0.3 is 0 Å². The average molecular weight is 285 g/mol. The fraction of sp³-hybridized carbons (Fsp3) is 0.143. The number of nitrogens with zero attached hydrogens (tertiary/aromatic N) is 3. The van der Waals surface area contributed by atoms with Crippen LogP contribution >= 0.6 is 11.3 Å². The maximum atomic E-state index is 5.75. The molecule has 0 bridgehead atoms. The topological polar surface area (TPSA) is 67.1 Å². The second-order valence-electron chi connectivity index (χ2n) is 4.64. The van der Waals surface area contributed by atoms with E-state index in [-0.39, 0.29) is 5.95 Å². The van der Waals surface area contributed by atoms with Gasteiger partial charge in [-0.25, -0.2) is 4.98 Å². The lowest BCUT2D eigenvalue weighted by molar-refractivity contribution is 1.13. The number of rotatable bonds is 3. The van der Waals surface area contributed by atoms with Crippen LogP contribution < -0.4 is 16.0 Å². The molecular weight excluding hydrogens is 270 g/mol. The summed E-state index contributed by atoms with van der Waals surface area (Å²) in [5.74, 6) is 1.02. The van der Waals surface area contributed by atoms with Crippen LogP contribution in [0.3, 0.4) is 0 Å². The smallest absolute Gasteiger partial charge is 0.223 e. The van der Waals surface area contributed by atoms with Gasteiger partial charge in [-0.05, 0) is 29.6 Å². The number of benzene rings is 1. The minimum Gasteiger partial charge on any atom is -0.378 e. The molecule has 0 atom stereocenters. The van der Waals surface area contributed by atoms with Crippen molar-refractivity contribution in [1.82, 2.24) is 9.97 Å². The van der Waals surface area contributed by atoms with E-state index in [9.17, 15) is 0 Å². The molecule has 3 aromatic rings. The first-order valence-electron chi connectivity index (χ1n) is 6.18. The molecule has 0 spiro atoms. The molecule has 0 saturated heterocycles. The van der Waals surface area contributed by atoms with Crippen LogP contribution in [-0.2, 0) is 0 Å². The van der Waals surface area contributed by atoms with Gasteiger partial charge < -0.3 is 16.0 Å². The summed E-state index contributed by atoms with van der Waals surface area (Å²) in [6, 6.07) is 10.1. The lowest BCUT2D eigenvalue weighted by Crippen LogP contribution is -2.08. The molecule has 6 heteroatoms. The van der Waals surface area contributed by atoms with Crippen LogP contribution in [0.15, 0.2) is 35.7 Å². The second-order valence-corrected chi connectivity index (χ2v) is 5.53. The Morgan fingerprint density at radius 3 is 2.85 bits per heavy atom. The first-order valence-corrected chi connectivity index (χ1v) is 7.06. The van der Waals surface area contributed by atoms with Gasteiger partial charge in [-0.15, -0.1) is 11.3 Å². The summed E-state index contributed by atoms with van der Waals surface area (Å²) in [4.78, 5) is 11.5. The van der Waals surface area contributed by atoms with Crippen molar-refractivity contribution in [1.29, 1.82) is 0 Å². The third-order valence-corrected chi connectivity index (χ3v) is 3.77. The van der Waals surface area contributed by atoms with Gasteiger partial charge in [0, 0.05) is 25.5 Å². The molecule has 2 aromatic heterocycles. The van der Waals surface area contributed by atoms with Crippen LogP contribution in [0.2, 0.25) is 0 Å². The standard InChI is InChI=1S/C14H15N5S/c1-19(2)10-5-3-4-9(8-10)16-12-11-6-7-20-13(11)18-14(15)17-12/h3-8H,1-2H3,(H3,15,16,17,18). The molecule has 1 aromatic carbocycles. The number of anilines is 4. The minimum absolute atomic E-state index is 0.284. The lowest BCUT2D eigenvalue weighted by atomic mass is 10.2. The van der Waals surface area contributed by atoms with Crippen LogP contribution in [0.4, 0.5) is 23.1 Å². The molecular formula is C14H15N5S. The highest BCUT2D eigenvalue weighted by molar-refractivity contribution is 7.16. The first kappa shape index (κ1) is 12.7. The highest BCUT2D eigenvalue weighted by atomic mass is 32.1. The van der Waals surface area contributed by atoms with E-state index in [1.54, 1.807) is 11.3 Å². The van der Waals surface area contributed by atoms with Gasteiger partial charge in [0.25, 0.3) is 0 Å². The molecule has 0 unspecified atom stereocenters. The normalized spacial score (nSPS) is 10.7. The number of nitrogens with one attached hydrogen (secondary N) is 1. The van der Waals surface area contributed by atoms with Gasteiger partial charge in [0.2, 0.25) is 5.95 Å². The molecule has 0 saturated carbocycles. The molecule has 0 amide bonds. The van der Waals surface area contributed by atoms with Gasteiger partial charge in [-0.3, -0.25) is 0 Å². The highest BCUT2D eigenvalue weighted by Crippen LogP contribution is 2.29. The Balaban J connectivity index is 2.00. The maximum absolute atomic E-state index is 5.75. The molecule has 0 radical (unpaired) electrons. The molecule has 3 N–H and O–H groups in total. The third-order valence-electron chi connectivity index (χ3n) is 2.97. The van der Waals surface area contributed by atoms with Crippen molar-refractivity contribution in [2.24, 2.45) is 0 Å². The molecule has 2 heterocycles. The van der Waals surface area contributed by atoms with E-state index in [0.717, 1.165) is 27.4 Å². The van der Waals surface area contributed by atoms with E-state index in [1.165, 1.54) is 0 Å². The molecule has 20 heavy (non-hydrogen) atoms. The van der Waals surface area contributed by atoms with Crippen LogP contribution in [0.25, 0.3) is 10.2 Å². The Morgan fingerprint density at radius 2 is 2.05 bits per heavy atom. The Morgan fingerprint density at radius 1 is 1.20 bits per heavy atom. The molecule has 0 fully saturated rings. The maximum Gasteiger partial charge on any atom is 0.223 e. The summed E-state index contributed by atoms with van der Waals surface area (Å²) in [6.07, 6.45) is 0. The van der Waals surface area contributed by atoms with E-state index in [2.05, 4.69) is 32.3 Å². The third kappa shape index (κ3) is 2.37. The summed E-state index contributed by atoms with van der Waals surface area (Å²) < 4.78 is 0. The van der Waals surface area contributed by atoms with Crippen LogP contribution in [0, 0.1) is 0 Å². The van der Waals surface area contributed by atoms with Crippen molar-refractivity contribution in [3.05, 3.63) is 35.7 Å². The van der Waals surface area contributed by atoms with E-state index in [4.69, 9.17) is 5.73 Å². The van der Waals surface area contributed by atoms with Crippen molar-refractivity contribution in [3.63, 3.8) is 0 Å². The number of hydrogen-bond donors (Lipinski definition) is 2. The number of thiophene rings is 1. The molecule has 3 rings (SSSR count). The van der Waals surface area contributed by atoms with E-state index in [1.807, 2.05) is 37.7 Å². The van der Waals surface area contributed by atoms with E-state index in [0.29, 0.717) is 0 Å². The van der Waals surface area contributed by atoms with Crippen molar-refractivity contribution < 1.29 is 0 Å². The van der Waals surface area contributed by atoms with Crippen molar-refractivity contribution in [3.8, 4) is 0 Å². The number of nitrogens with two attached hydrogens (primary N) is 1. The fourth-order valence-electron chi connectivity index (χ4n) is 1.97. The van der Waals surface area contributed by atoms with Gasteiger partial charge in [0.05, 0.1) is 5.39 Å². The summed E-state index contributed by atoms with van der Waals surface area (Å²) >= 11 is 1.55. The Bertz CT molecular complexity index is 750. The fourth-order valence-corrected chi connectivity index (χ4v) is 2.74. The van der Waals surface area contributed by atoms with Gasteiger partial charge in [0.1, 0.15) is 10.6 Å². The molecule has 0 aliphatic heterocycles. The second kappa shape index (κ2) is 4.97. The van der Waals surface area contributed by atoms with Crippen molar-refractivity contribution in [2.75, 3.05) is 30.0 Å². The first-order chi connectivity index (χ1) is 9.63. The molecule has 0 aliphatic carbocycles. The lowest BCUT2D eigenvalue weighted by Gasteiger charge is -2.14. The van der Waals surface area contributed by atoms with Crippen molar-refractivity contribution in [2.45, 2.75) is 0 Å². The predicted octanol–water partition coefficient (Wildman–Crippen LogP) is 3.08. The highest BCUT2D eigenvalue weighted by Gasteiger charge is 2.08. The van der Waals surface area contributed by atoms with Crippen LogP contribution in [0.1, 0.15) is 0 Å². The van der Waals surface area contributed by atoms with Gasteiger partial charge in [0.15, 0.2) is 0 Å². The predicted molar refractivity (Wildman–Crippen MR) is 85.9 cm³/mol. The van der Waals surface area contributed by atoms with Crippen LogP contribution in [0.5, 0.6) is 0 Å². The molecule has 102 valence electrons. The zero-order valence-corrected chi connectivity index (χ0v) is 12.1. The zero-order chi connectivity index (χ0) is 14.1. The average Bonchev–Trinajstić information content (AvgIpc) is 2.87. The quantitative estimate of drug-likeness (QED) is 0.774. The number of fused-ring (bicyclic) bond motifs is 1. The van der Waals surface area contributed by atoms with E-state index >= 15 is 0 Å². The summed E-state index contributed by atoms with van der Waals surface area (Å²) in [7, 11) is 4.03. The number of hydrogen-bond acceptors (Lipinski definition) is 6. The molecule has 5 nitrogen and oxygen atoms in total. The van der Waals surface area contributed by atoms with Gasteiger partial charge in [-0.2, -0.15) is 4.98 Å². The summed E-state index contributed by atoms with van der Waals surface area (Å²) in [6.45, 7) is 0.